The number of rotatable bonds is 6. The Hall–Kier alpha value is -2.81. The van der Waals surface area contributed by atoms with Gasteiger partial charge >= 0.3 is 0 Å². The lowest BCUT2D eigenvalue weighted by Gasteiger charge is -2.22. The Bertz CT molecular complexity index is 1140. The Morgan fingerprint density at radius 2 is 1.69 bits per heavy atom. The first kappa shape index (κ1) is 23.8. The molecule has 3 amide bonds. The molecule has 1 aliphatic heterocycles. The van der Waals surface area contributed by atoms with Crippen molar-refractivity contribution in [3.63, 3.8) is 0 Å². The van der Waals surface area contributed by atoms with E-state index < -0.39 is 0 Å². The van der Waals surface area contributed by atoms with E-state index in [4.69, 9.17) is 4.98 Å². The zero-order chi connectivity index (χ0) is 22.1. The first-order chi connectivity index (χ1) is 14.8. The lowest BCUT2D eigenvalue weighted by Crippen LogP contribution is -2.36. The number of hydrogen-bond acceptors (Lipinski definition) is 6. The predicted molar refractivity (Wildman–Crippen MR) is 130 cm³/mol. The van der Waals surface area contributed by atoms with E-state index in [1.54, 1.807) is 29.2 Å². The van der Waals surface area contributed by atoms with E-state index in [2.05, 4.69) is 0 Å². The largest absolute Gasteiger partial charge is 0.308 e. The molecule has 0 bridgehead atoms. The highest BCUT2D eigenvalue weighted by molar-refractivity contribution is 7.22. The highest BCUT2D eigenvalue weighted by Crippen LogP contribution is 2.31. The monoisotopic (exact) mass is 472 g/mol. The van der Waals surface area contributed by atoms with E-state index in [1.807, 2.05) is 44.1 Å². The lowest BCUT2D eigenvalue weighted by molar-refractivity contribution is -0.121. The number of amides is 3. The van der Waals surface area contributed by atoms with Crippen LogP contribution < -0.4 is 9.80 Å². The molecule has 3 aromatic rings. The number of aryl methyl sites for hydroxylation is 1. The number of thiazole rings is 1. The van der Waals surface area contributed by atoms with Crippen molar-refractivity contribution >= 4 is 62.5 Å². The average molecular weight is 473 g/mol. The van der Waals surface area contributed by atoms with Crippen LogP contribution in [0.1, 0.15) is 28.8 Å². The van der Waals surface area contributed by atoms with Gasteiger partial charge in [0.2, 0.25) is 11.8 Å². The van der Waals surface area contributed by atoms with Crippen molar-refractivity contribution in [3.05, 3.63) is 53.6 Å². The molecule has 9 heteroatoms. The molecular formula is C23H25ClN4O3S. The molecule has 168 valence electrons. The quantitative estimate of drug-likeness (QED) is 0.509. The second kappa shape index (κ2) is 9.77. The van der Waals surface area contributed by atoms with Gasteiger partial charge in [0.15, 0.2) is 5.13 Å². The van der Waals surface area contributed by atoms with Gasteiger partial charge in [0.05, 0.1) is 15.9 Å². The number of imide groups is 1. The molecule has 0 radical (unpaired) electrons. The lowest BCUT2D eigenvalue weighted by atomic mass is 10.1. The molecule has 2 heterocycles. The number of benzene rings is 2. The van der Waals surface area contributed by atoms with Gasteiger partial charge in [-0.15, -0.1) is 12.4 Å². The summed E-state index contributed by atoms with van der Waals surface area (Å²) >= 11 is 1.50. The van der Waals surface area contributed by atoms with Crippen LogP contribution in [0.3, 0.4) is 0 Å². The van der Waals surface area contributed by atoms with Crippen molar-refractivity contribution in [2.45, 2.75) is 19.8 Å². The number of nitrogens with zero attached hydrogens (tertiary/aromatic N) is 4. The number of anilines is 2. The minimum atomic E-state index is -0.207. The third-order valence-corrected chi connectivity index (χ3v) is 6.32. The van der Waals surface area contributed by atoms with Crippen LogP contribution in [0.25, 0.3) is 10.2 Å². The van der Waals surface area contributed by atoms with Crippen molar-refractivity contribution in [2.24, 2.45) is 0 Å². The maximum atomic E-state index is 13.4. The summed E-state index contributed by atoms with van der Waals surface area (Å²) < 4.78 is 1.04. The zero-order valence-electron chi connectivity index (χ0n) is 18.2. The van der Waals surface area contributed by atoms with Gasteiger partial charge in [-0.3, -0.25) is 24.2 Å². The minimum Gasteiger partial charge on any atom is -0.308 e. The standard InChI is InChI=1S/C23H24N4O3S.ClH/c1-15-5-4-6-18-21(15)24-23(31-18)26(14-13-25(2)3)22(30)16-7-9-17(10-8-16)27-19(28)11-12-20(27)29;/h4-10H,11-14H2,1-3H3;1H. The molecule has 1 aliphatic rings. The van der Waals surface area contributed by atoms with E-state index in [0.29, 0.717) is 29.5 Å². The number of aromatic nitrogens is 1. The second-order valence-corrected chi connectivity index (χ2v) is 8.86. The first-order valence-corrected chi connectivity index (χ1v) is 11.0. The molecular weight excluding hydrogens is 448 g/mol. The Labute approximate surface area is 197 Å². The van der Waals surface area contributed by atoms with Crippen molar-refractivity contribution in [2.75, 3.05) is 37.0 Å². The molecule has 0 atom stereocenters. The number of carbonyl (C=O) groups excluding carboxylic acids is 3. The summed E-state index contributed by atoms with van der Waals surface area (Å²) in [5.41, 5.74) is 2.97. The summed E-state index contributed by atoms with van der Waals surface area (Å²) in [6.07, 6.45) is 0.462. The van der Waals surface area contributed by atoms with Gasteiger partial charge in [-0.25, -0.2) is 4.98 Å². The van der Waals surface area contributed by atoms with Crippen molar-refractivity contribution in [1.82, 2.24) is 9.88 Å². The predicted octanol–water partition coefficient (Wildman–Crippen LogP) is 3.89. The molecule has 0 N–H and O–H groups in total. The molecule has 0 aliphatic carbocycles. The molecule has 7 nitrogen and oxygen atoms in total. The van der Waals surface area contributed by atoms with E-state index in [0.717, 1.165) is 15.8 Å². The van der Waals surface area contributed by atoms with Gasteiger partial charge in [0.1, 0.15) is 0 Å². The molecule has 2 aromatic carbocycles. The number of carbonyl (C=O) groups is 3. The van der Waals surface area contributed by atoms with Crippen LogP contribution >= 0.6 is 23.7 Å². The van der Waals surface area contributed by atoms with Gasteiger partial charge in [-0.2, -0.15) is 0 Å². The van der Waals surface area contributed by atoms with E-state index in [1.165, 1.54) is 16.2 Å². The van der Waals surface area contributed by atoms with Crippen LogP contribution in [0.5, 0.6) is 0 Å². The summed E-state index contributed by atoms with van der Waals surface area (Å²) in [6, 6.07) is 12.7. The summed E-state index contributed by atoms with van der Waals surface area (Å²) in [6.45, 7) is 3.20. The maximum Gasteiger partial charge on any atom is 0.260 e. The fourth-order valence-electron chi connectivity index (χ4n) is 3.55. The van der Waals surface area contributed by atoms with Gasteiger partial charge < -0.3 is 4.90 Å². The number of hydrogen-bond donors (Lipinski definition) is 0. The normalized spacial score (nSPS) is 13.7. The van der Waals surface area contributed by atoms with E-state index in [-0.39, 0.29) is 43.0 Å². The van der Waals surface area contributed by atoms with Gasteiger partial charge in [-0.05, 0) is 56.9 Å². The Morgan fingerprint density at radius 1 is 1.03 bits per heavy atom. The highest BCUT2D eigenvalue weighted by atomic mass is 35.5. The van der Waals surface area contributed by atoms with Crippen LogP contribution in [0.15, 0.2) is 42.5 Å². The third-order valence-electron chi connectivity index (χ3n) is 5.28. The molecule has 0 saturated carbocycles. The smallest absolute Gasteiger partial charge is 0.260 e. The summed E-state index contributed by atoms with van der Waals surface area (Å²) in [5, 5.41) is 0.658. The Kier molecular flexibility index (Phi) is 7.28. The fraction of sp³-hybridized carbons (Fsp3) is 0.304. The average Bonchev–Trinajstić information content (AvgIpc) is 3.32. The van der Waals surface area contributed by atoms with Crippen molar-refractivity contribution in [3.8, 4) is 0 Å². The van der Waals surface area contributed by atoms with Crippen molar-refractivity contribution in [1.29, 1.82) is 0 Å². The summed E-state index contributed by atoms with van der Waals surface area (Å²) in [5.74, 6) is -0.577. The molecule has 0 unspecified atom stereocenters. The van der Waals surface area contributed by atoms with Crippen LogP contribution in [-0.2, 0) is 9.59 Å². The molecule has 1 fully saturated rings. The van der Waals surface area contributed by atoms with Gasteiger partial charge in [0.25, 0.3) is 5.91 Å². The molecule has 1 aromatic heterocycles. The Balaban J connectivity index is 0.00000289. The fourth-order valence-corrected chi connectivity index (χ4v) is 4.62. The highest BCUT2D eigenvalue weighted by Gasteiger charge is 2.30. The number of para-hydroxylation sites is 1. The van der Waals surface area contributed by atoms with Crippen LogP contribution in [0.2, 0.25) is 0 Å². The number of halogens is 1. The zero-order valence-corrected chi connectivity index (χ0v) is 19.8. The Morgan fingerprint density at radius 3 is 2.28 bits per heavy atom. The summed E-state index contributed by atoms with van der Waals surface area (Å²) in [4.78, 5) is 47.0. The number of fused-ring (bicyclic) bond motifs is 1. The molecule has 1 saturated heterocycles. The van der Waals surface area contributed by atoms with Crippen LogP contribution in [-0.4, -0.2) is 54.8 Å². The van der Waals surface area contributed by atoms with E-state index in [9.17, 15) is 14.4 Å². The van der Waals surface area contributed by atoms with E-state index >= 15 is 0 Å². The van der Waals surface area contributed by atoms with Crippen LogP contribution in [0.4, 0.5) is 10.8 Å². The summed E-state index contributed by atoms with van der Waals surface area (Å²) in [7, 11) is 3.92. The molecule has 4 rings (SSSR count). The first-order valence-electron chi connectivity index (χ1n) is 10.1. The topological polar surface area (TPSA) is 73.8 Å². The number of likely N-dealkylation sites (N-methyl/N-ethyl adjacent to an activating group) is 1. The van der Waals surface area contributed by atoms with Gasteiger partial charge in [0, 0.05) is 31.5 Å². The minimum absolute atomic E-state index is 0. The molecule has 32 heavy (non-hydrogen) atoms. The maximum absolute atomic E-state index is 13.4. The molecule has 0 spiro atoms. The SMILES string of the molecule is Cc1cccc2sc(N(CCN(C)C)C(=O)c3ccc(N4C(=O)CCC4=O)cc3)nc12.Cl. The van der Waals surface area contributed by atoms with Gasteiger partial charge in [-0.1, -0.05) is 23.5 Å². The third kappa shape index (κ3) is 4.67. The second-order valence-electron chi connectivity index (χ2n) is 7.85. The van der Waals surface area contributed by atoms with Crippen LogP contribution in [0, 0.1) is 6.92 Å². The van der Waals surface area contributed by atoms with Crippen molar-refractivity contribution < 1.29 is 14.4 Å².